The number of amides is 2. The molecule has 8 heteroatoms. The average molecular weight is 598 g/mol. The molecule has 4 aliphatic rings. The topological polar surface area (TPSA) is 55.9 Å². The second-order valence-corrected chi connectivity index (χ2v) is 13.8. The van der Waals surface area contributed by atoms with E-state index < -0.39 is 0 Å². The lowest BCUT2D eigenvalue weighted by atomic mass is 9.71. The van der Waals surface area contributed by atoms with E-state index in [4.69, 9.17) is 23.2 Å². The van der Waals surface area contributed by atoms with E-state index >= 15 is 0 Å². The maximum atomic E-state index is 12.9. The van der Waals surface area contributed by atoms with Crippen LogP contribution in [0.3, 0.4) is 0 Å². The minimum atomic E-state index is -0.274. The molecule has 1 saturated carbocycles. The van der Waals surface area contributed by atoms with E-state index in [1.165, 1.54) is 24.0 Å². The third-order valence-corrected chi connectivity index (χ3v) is 10.9. The number of carbonyl (C=O) groups excluding carboxylic acids is 2. The molecule has 6 rings (SSSR count). The summed E-state index contributed by atoms with van der Waals surface area (Å²) < 4.78 is 0. The van der Waals surface area contributed by atoms with Gasteiger partial charge in [0.05, 0.1) is 15.6 Å². The van der Waals surface area contributed by atoms with Crippen LogP contribution in [0.25, 0.3) is 0 Å². The molecule has 0 bridgehead atoms. The molecule has 41 heavy (non-hydrogen) atoms. The van der Waals surface area contributed by atoms with E-state index in [1.54, 1.807) is 6.92 Å². The highest BCUT2D eigenvalue weighted by molar-refractivity contribution is 6.42. The van der Waals surface area contributed by atoms with E-state index in [0.29, 0.717) is 34.3 Å². The van der Waals surface area contributed by atoms with Crippen LogP contribution in [-0.2, 0) is 20.5 Å². The standard InChI is InChI=1S/C33H42Cl2N4O2/c1-24(40)36-33(26-5-3-2-4-6-26)14-17-38(18-15-33)28-21-37(22-28)16-13-32(27-9-10-29(34)30(35)19-27)12-11-31(41)39(23-32)20-25-7-8-25/h2-6,9-10,19,25,28H,7-8,11-18,20-23H2,1H3,(H,36,40)/t32-/m1/s1. The van der Waals surface area contributed by atoms with Crippen LogP contribution in [0.1, 0.15) is 63.0 Å². The number of hydrogen-bond acceptors (Lipinski definition) is 4. The van der Waals surface area contributed by atoms with Gasteiger partial charge in [0, 0.05) is 64.1 Å². The van der Waals surface area contributed by atoms with Crippen molar-refractivity contribution in [2.75, 3.05) is 45.8 Å². The highest BCUT2D eigenvalue weighted by Gasteiger charge is 2.44. The minimum absolute atomic E-state index is 0.0353. The number of nitrogens with one attached hydrogen (secondary N) is 1. The third-order valence-electron chi connectivity index (χ3n) is 10.1. The zero-order valence-corrected chi connectivity index (χ0v) is 25.6. The quantitative estimate of drug-likeness (QED) is 0.417. The lowest BCUT2D eigenvalue weighted by Gasteiger charge is -2.51. The summed E-state index contributed by atoms with van der Waals surface area (Å²) in [5.41, 5.74) is 2.05. The first kappa shape index (κ1) is 29.0. The zero-order chi connectivity index (χ0) is 28.6. The number of carbonyl (C=O) groups is 2. The molecule has 2 amide bonds. The Kier molecular flexibility index (Phi) is 8.39. The van der Waals surface area contributed by atoms with E-state index in [2.05, 4.69) is 50.3 Å². The second-order valence-electron chi connectivity index (χ2n) is 13.0. The Morgan fingerprint density at radius 3 is 2.37 bits per heavy atom. The van der Waals surface area contributed by atoms with Gasteiger partial charge in [0.1, 0.15) is 0 Å². The molecule has 0 spiro atoms. The summed E-state index contributed by atoms with van der Waals surface area (Å²) in [4.78, 5) is 32.3. The van der Waals surface area contributed by atoms with Gasteiger partial charge in [-0.05, 0) is 74.2 Å². The first-order valence-electron chi connectivity index (χ1n) is 15.3. The molecule has 2 aromatic rings. The van der Waals surface area contributed by atoms with Gasteiger partial charge in [0.25, 0.3) is 0 Å². The lowest BCUT2D eigenvalue weighted by Crippen LogP contribution is -2.63. The van der Waals surface area contributed by atoms with Gasteiger partial charge in [-0.1, -0.05) is 59.6 Å². The number of rotatable bonds is 9. The summed E-state index contributed by atoms with van der Waals surface area (Å²) >= 11 is 12.8. The first-order chi connectivity index (χ1) is 19.8. The molecule has 1 atom stereocenters. The van der Waals surface area contributed by atoms with Crippen molar-refractivity contribution in [2.45, 2.75) is 68.9 Å². The Morgan fingerprint density at radius 2 is 1.71 bits per heavy atom. The highest BCUT2D eigenvalue weighted by atomic mass is 35.5. The van der Waals surface area contributed by atoms with Gasteiger partial charge < -0.3 is 15.1 Å². The summed E-state index contributed by atoms with van der Waals surface area (Å²) in [6, 6.07) is 17.1. The smallest absolute Gasteiger partial charge is 0.222 e. The molecule has 1 N–H and O–H groups in total. The van der Waals surface area contributed by atoms with Crippen LogP contribution in [0.5, 0.6) is 0 Å². The van der Waals surface area contributed by atoms with Crippen molar-refractivity contribution >= 4 is 35.0 Å². The van der Waals surface area contributed by atoms with Crippen molar-refractivity contribution in [3.8, 4) is 0 Å². The molecule has 220 valence electrons. The normalized spacial score (nSPS) is 25.6. The molecule has 2 aromatic carbocycles. The summed E-state index contributed by atoms with van der Waals surface area (Å²) in [6.07, 6.45) is 6.81. The molecule has 0 unspecified atom stereocenters. The SMILES string of the molecule is CC(=O)NC1(c2ccccc2)CCN(C2CN(CC[C@]3(c4ccc(Cl)c(Cl)c4)CCC(=O)N(CC4CC4)C3)C2)CC1. The van der Waals surface area contributed by atoms with Crippen molar-refractivity contribution in [3.63, 3.8) is 0 Å². The maximum absolute atomic E-state index is 12.9. The predicted molar refractivity (Wildman–Crippen MR) is 164 cm³/mol. The van der Waals surface area contributed by atoms with Crippen LogP contribution in [0.15, 0.2) is 48.5 Å². The Morgan fingerprint density at radius 1 is 0.976 bits per heavy atom. The molecule has 3 heterocycles. The molecule has 0 aromatic heterocycles. The monoisotopic (exact) mass is 596 g/mol. The van der Waals surface area contributed by atoms with E-state index in [0.717, 1.165) is 71.5 Å². The largest absolute Gasteiger partial charge is 0.347 e. The van der Waals surface area contributed by atoms with Gasteiger partial charge in [0.2, 0.25) is 11.8 Å². The second kappa shape index (κ2) is 11.9. The highest BCUT2D eigenvalue weighted by Crippen LogP contribution is 2.42. The number of likely N-dealkylation sites (tertiary alicyclic amines) is 3. The number of halogens is 2. The molecular weight excluding hydrogens is 555 g/mol. The summed E-state index contributed by atoms with van der Waals surface area (Å²) in [6.45, 7) is 8.41. The van der Waals surface area contributed by atoms with Crippen molar-refractivity contribution in [1.82, 2.24) is 20.0 Å². The fourth-order valence-corrected chi connectivity index (χ4v) is 7.70. The van der Waals surface area contributed by atoms with Gasteiger partial charge >= 0.3 is 0 Å². The molecule has 4 fully saturated rings. The Hall–Kier alpha value is -2.12. The first-order valence-corrected chi connectivity index (χ1v) is 16.0. The average Bonchev–Trinajstić information content (AvgIpc) is 3.76. The summed E-state index contributed by atoms with van der Waals surface area (Å²) in [7, 11) is 0. The van der Waals surface area contributed by atoms with Crippen molar-refractivity contribution in [2.24, 2.45) is 5.92 Å². The summed E-state index contributed by atoms with van der Waals surface area (Å²) in [5, 5.41) is 4.47. The molecular formula is C33H42Cl2N4O2. The Labute approximate surface area is 254 Å². The molecule has 0 radical (unpaired) electrons. The number of piperidine rings is 2. The molecule has 3 saturated heterocycles. The fraction of sp³-hybridized carbons (Fsp3) is 0.576. The Bertz CT molecular complexity index is 1260. The number of benzene rings is 2. The van der Waals surface area contributed by atoms with Crippen LogP contribution < -0.4 is 5.32 Å². The molecule has 1 aliphatic carbocycles. The number of nitrogens with zero attached hydrogens (tertiary/aromatic N) is 3. The van der Waals surface area contributed by atoms with E-state index in [1.807, 2.05) is 18.2 Å². The van der Waals surface area contributed by atoms with Gasteiger partial charge in [0.15, 0.2) is 0 Å². The lowest BCUT2D eigenvalue weighted by molar-refractivity contribution is -0.136. The summed E-state index contributed by atoms with van der Waals surface area (Å²) in [5.74, 6) is 1.01. The molecule has 6 nitrogen and oxygen atoms in total. The van der Waals surface area contributed by atoms with Crippen LogP contribution in [-0.4, -0.2) is 78.4 Å². The van der Waals surface area contributed by atoms with Gasteiger partial charge in [-0.15, -0.1) is 0 Å². The van der Waals surface area contributed by atoms with Gasteiger partial charge in [-0.3, -0.25) is 14.5 Å². The van der Waals surface area contributed by atoms with E-state index in [-0.39, 0.29) is 16.9 Å². The maximum Gasteiger partial charge on any atom is 0.222 e. The van der Waals surface area contributed by atoms with Crippen LogP contribution in [0.2, 0.25) is 10.0 Å². The predicted octanol–water partition coefficient (Wildman–Crippen LogP) is 5.47. The van der Waals surface area contributed by atoms with Crippen LogP contribution in [0.4, 0.5) is 0 Å². The van der Waals surface area contributed by atoms with Crippen molar-refractivity contribution in [3.05, 3.63) is 69.7 Å². The van der Waals surface area contributed by atoms with Gasteiger partial charge in [-0.25, -0.2) is 0 Å². The van der Waals surface area contributed by atoms with Gasteiger partial charge in [-0.2, -0.15) is 0 Å². The fourth-order valence-electron chi connectivity index (χ4n) is 7.40. The van der Waals surface area contributed by atoms with Crippen molar-refractivity contribution in [1.29, 1.82) is 0 Å². The van der Waals surface area contributed by atoms with Crippen LogP contribution in [0, 0.1) is 5.92 Å². The Balaban J connectivity index is 1.08. The number of hydrogen-bond donors (Lipinski definition) is 1. The third kappa shape index (κ3) is 6.31. The van der Waals surface area contributed by atoms with E-state index in [9.17, 15) is 9.59 Å². The van der Waals surface area contributed by atoms with Crippen LogP contribution >= 0.6 is 23.2 Å². The minimum Gasteiger partial charge on any atom is -0.347 e. The molecule has 3 aliphatic heterocycles. The van der Waals surface area contributed by atoms with Crippen molar-refractivity contribution < 1.29 is 9.59 Å². The zero-order valence-electron chi connectivity index (χ0n) is 24.1.